The number of nitrogens with one attached hydrogen (secondary N) is 1. The molecule has 0 unspecified atom stereocenters. The van der Waals surface area contributed by atoms with Crippen LogP contribution >= 0.6 is 0 Å². The Morgan fingerprint density at radius 2 is 2.31 bits per heavy atom. The summed E-state index contributed by atoms with van der Waals surface area (Å²) in [5, 5.41) is 3.42. The molecule has 0 spiro atoms. The van der Waals surface area contributed by atoms with E-state index in [-0.39, 0.29) is 0 Å². The molecule has 0 aliphatic carbocycles. The van der Waals surface area contributed by atoms with Crippen molar-refractivity contribution in [1.82, 2.24) is 4.98 Å². The van der Waals surface area contributed by atoms with Crippen LogP contribution in [0.3, 0.4) is 0 Å². The van der Waals surface area contributed by atoms with E-state index in [2.05, 4.69) is 30.2 Å². The molecule has 2 heteroatoms. The van der Waals surface area contributed by atoms with E-state index in [1.54, 1.807) is 0 Å². The van der Waals surface area contributed by atoms with Crippen LogP contribution in [0.25, 0.3) is 0 Å². The Balaban J connectivity index is 2.34. The number of fused-ring (bicyclic) bond motifs is 1. The summed E-state index contributed by atoms with van der Waals surface area (Å²) in [5.41, 5.74) is 2.81. The Hall–Kier alpha value is -1.05. The zero-order chi connectivity index (χ0) is 9.31. The molecular weight excluding hydrogens is 160 g/mol. The zero-order valence-corrected chi connectivity index (χ0v) is 8.30. The predicted molar refractivity (Wildman–Crippen MR) is 54.8 cm³/mol. The molecule has 0 bridgehead atoms. The van der Waals surface area contributed by atoms with E-state index in [0.29, 0.717) is 5.41 Å². The van der Waals surface area contributed by atoms with Gasteiger partial charge in [-0.25, -0.2) is 0 Å². The molecule has 1 aliphatic rings. The van der Waals surface area contributed by atoms with Gasteiger partial charge in [-0.1, -0.05) is 13.8 Å². The van der Waals surface area contributed by atoms with Crippen molar-refractivity contribution in [2.24, 2.45) is 5.41 Å². The smallest absolute Gasteiger partial charge is 0.0639 e. The quantitative estimate of drug-likeness (QED) is 0.657. The van der Waals surface area contributed by atoms with Gasteiger partial charge < -0.3 is 5.32 Å². The van der Waals surface area contributed by atoms with Gasteiger partial charge in [0.15, 0.2) is 0 Å². The minimum absolute atomic E-state index is 0.382. The second-order valence-electron chi connectivity index (χ2n) is 4.52. The predicted octanol–water partition coefficient (Wildman–Crippen LogP) is 2.47. The van der Waals surface area contributed by atoms with Gasteiger partial charge in [-0.05, 0) is 30.4 Å². The molecule has 70 valence electrons. The molecule has 1 N–H and O–H groups in total. The number of pyridine rings is 1. The number of rotatable bonds is 0. The molecule has 0 amide bonds. The summed E-state index contributed by atoms with van der Waals surface area (Å²) in [4.78, 5) is 4.41. The fraction of sp³-hybridized carbons (Fsp3) is 0.545. The first-order chi connectivity index (χ1) is 6.17. The number of hydrogen-bond donors (Lipinski definition) is 1. The molecule has 1 aromatic heterocycles. The Bertz CT molecular complexity index is 305. The van der Waals surface area contributed by atoms with Gasteiger partial charge in [0.2, 0.25) is 0 Å². The number of anilines is 1. The third-order valence-corrected chi connectivity index (χ3v) is 2.65. The molecule has 0 saturated heterocycles. The molecule has 0 saturated carbocycles. The number of nitrogens with zero attached hydrogens (tertiary/aromatic N) is 1. The van der Waals surface area contributed by atoms with Crippen LogP contribution in [0.2, 0.25) is 0 Å². The minimum Gasteiger partial charge on any atom is -0.384 e. The molecular formula is C11H16N2. The Labute approximate surface area is 79.4 Å². The summed E-state index contributed by atoms with van der Waals surface area (Å²) in [6.45, 7) is 5.67. The first-order valence-electron chi connectivity index (χ1n) is 4.85. The van der Waals surface area contributed by atoms with E-state index in [9.17, 15) is 0 Å². The fourth-order valence-electron chi connectivity index (χ4n) is 1.82. The maximum atomic E-state index is 4.41. The van der Waals surface area contributed by atoms with Crippen LogP contribution in [0.1, 0.15) is 26.0 Å². The van der Waals surface area contributed by atoms with E-state index in [0.717, 1.165) is 13.0 Å². The lowest BCUT2D eigenvalue weighted by Gasteiger charge is -2.20. The van der Waals surface area contributed by atoms with Crippen molar-refractivity contribution in [2.75, 3.05) is 11.9 Å². The summed E-state index contributed by atoms with van der Waals surface area (Å²) in [5.74, 6) is 0. The van der Waals surface area contributed by atoms with Crippen molar-refractivity contribution in [3.8, 4) is 0 Å². The van der Waals surface area contributed by atoms with Crippen molar-refractivity contribution in [1.29, 1.82) is 0 Å². The molecule has 13 heavy (non-hydrogen) atoms. The van der Waals surface area contributed by atoms with Crippen LogP contribution in [0.15, 0.2) is 18.3 Å². The summed E-state index contributed by atoms with van der Waals surface area (Å²) in [7, 11) is 0. The fourth-order valence-corrected chi connectivity index (χ4v) is 1.82. The molecule has 0 atom stereocenters. The van der Waals surface area contributed by atoms with Crippen molar-refractivity contribution in [2.45, 2.75) is 26.7 Å². The lowest BCUT2D eigenvalue weighted by Crippen LogP contribution is -2.15. The van der Waals surface area contributed by atoms with E-state index in [1.165, 1.54) is 17.8 Å². The van der Waals surface area contributed by atoms with Gasteiger partial charge in [0.25, 0.3) is 0 Å². The SMILES string of the molecule is CC1(C)CCNc2cccnc2C1. The lowest BCUT2D eigenvalue weighted by atomic mass is 9.85. The third kappa shape index (κ3) is 1.82. The second-order valence-corrected chi connectivity index (χ2v) is 4.52. The average molecular weight is 176 g/mol. The standard InChI is InChI=1S/C11H16N2/c1-11(2)5-7-13-9-4-3-6-12-10(9)8-11/h3-4,6,13H,5,7-8H2,1-2H3. The monoisotopic (exact) mass is 176 g/mol. The maximum absolute atomic E-state index is 4.41. The van der Waals surface area contributed by atoms with E-state index >= 15 is 0 Å². The third-order valence-electron chi connectivity index (χ3n) is 2.65. The van der Waals surface area contributed by atoms with Crippen molar-refractivity contribution in [3.63, 3.8) is 0 Å². The van der Waals surface area contributed by atoms with Crippen molar-refractivity contribution in [3.05, 3.63) is 24.0 Å². The van der Waals surface area contributed by atoms with E-state index in [4.69, 9.17) is 0 Å². The molecule has 0 fully saturated rings. The topological polar surface area (TPSA) is 24.9 Å². The summed E-state index contributed by atoms with van der Waals surface area (Å²) >= 11 is 0. The molecule has 2 rings (SSSR count). The Morgan fingerprint density at radius 1 is 1.46 bits per heavy atom. The van der Waals surface area contributed by atoms with E-state index < -0.39 is 0 Å². The highest BCUT2D eigenvalue weighted by atomic mass is 14.9. The largest absolute Gasteiger partial charge is 0.384 e. The lowest BCUT2D eigenvalue weighted by molar-refractivity contribution is 0.345. The molecule has 0 radical (unpaired) electrons. The average Bonchev–Trinajstić information content (AvgIpc) is 2.21. The zero-order valence-electron chi connectivity index (χ0n) is 8.30. The highest BCUT2D eigenvalue weighted by Gasteiger charge is 2.23. The molecule has 1 aromatic rings. The highest BCUT2D eigenvalue weighted by Crippen LogP contribution is 2.30. The van der Waals surface area contributed by atoms with Crippen LogP contribution in [-0.4, -0.2) is 11.5 Å². The van der Waals surface area contributed by atoms with Gasteiger partial charge in [0.1, 0.15) is 0 Å². The first-order valence-corrected chi connectivity index (χ1v) is 4.85. The van der Waals surface area contributed by atoms with E-state index in [1.807, 2.05) is 12.3 Å². The maximum Gasteiger partial charge on any atom is 0.0639 e. The van der Waals surface area contributed by atoms with Crippen LogP contribution in [0, 0.1) is 5.41 Å². The summed E-state index contributed by atoms with van der Waals surface area (Å²) in [6, 6.07) is 4.11. The first kappa shape index (κ1) is 8.54. The van der Waals surface area contributed by atoms with Crippen LogP contribution in [0.5, 0.6) is 0 Å². The molecule has 2 nitrogen and oxygen atoms in total. The molecule has 1 aliphatic heterocycles. The van der Waals surface area contributed by atoms with Crippen molar-refractivity contribution >= 4 is 5.69 Å². The van der Waals surface area contributed by atoms with Gasteiger partial charge in [-0.3, -0.25) is 4.98 Å². The molecule has 2 heterocycles. The number of hydrogen-bond acceptors (Lipinski definition) is 2. The van der Waals surface area contributed by atoms with Crippen LogP contribution in [0.4, 0.5) is 5.69 Å². The van der Waals surface area contributed by atoms with Gasteiger partial charge in [-0.2, -0.15) is 0 Å². The van der Waals surface area contributed by atoms with Gasteiger partial charge in [-0.15, -0.1) is 0 Å². The highest BCUT2D eigenvalue weighted by molar-refractivity contribution is 5.48. The van der Waals surface area contributed by atoms with Crippen molar-refractivity contribution < 1.29 is 0 Å². The second kappa shape index (κ2) is 3.02. The van der Waals surface area contributed by atoms with Gasteiger partial charge in [0, 0.05) is 12.7 Å². The normalized spacial score (nSPS) is 19.8. The molecule has 0 aromatic carbocycles. The van der Waals surface area contributed by atoms with Crippen LogP contribution in [-0.2, 0) is 6.42 Å². The van der Waals surface area contributed by atoms with Gasteiger partial charge >= 0.3 is 0 Å². The summed E-state index contributed by atoms with van der Waals surface area (Å²) in [6.07, 6.45) is 4.17. The summed E-state index contributed by atoms with van der Waals surface area (Å²) < 4.78 is 0. The number of aromatic nitrogens is 1. The van der Waals surface area contributed by atoms with Gasteiger partial charge in [0.05, 0.1) is 11.4 Å². The minimum atomic E-state index is 0.382. The van der Waals surface area contributed by atoms with Crippen LogP contribution < -0.4 is 5.32 Å². The Morgan fingerprint density at radius 3 is 3.15 bits per heavy atom. The Kier molecular flexibility index (Phi) is 1.98.